The molecule has 1 amide bonds. The van der Waals surface area contributed by atoms with Crippen LogP contribution >= 0.6 is 0 Å². The second-order valence-electron chi connectivity index (χ2n) is 2.54. The molecule has 0 bridgehead atoms. The fourth-order valence-corrected chi connectivity index (χ4v) is 0.940. The van der Waals surface area contributed by atoms with Crippen molar-refractivity contribution in [3.8, 4) is 0 Å². The fraction of sp³-hybridized carbons (Fsp3) is 0. The van der Waals surface area contributed by atoms with Gasteiger partial charge in [-0.05, 0) is 12.1 Å². The highest BCUT2D eigenvalue weighted by Gasteiger charge is 1.97. The first-order valence-electron chi connectivity index (χ1n) is 4.02. The van der Waals surface area contributed by atoms with Crippen molar-refractivity contribution >= 4 is 18.3 Å². The topological polar surface area (TPSA) is 58.7 Å². The summed E-state index contributed by atoms with van der Waals surface area (Å²) >= 11 is 0. The summed E-state index contributed by atoms with van der Waals surface area (Å²) in [6.07, 6.45) is 2.69. The average Bonchev–Trinajstić information content (AvgIpc) is 2.20. The normalized spacial score (nSPS) is 10.0. The largest absolute Gasteiger partial charge is 0.366 e. The van der Waals surface area contributed by atoms with Crippen LogP contribution in [0.3, 0.4) is 0 Å². The Morgan fingerprint density at radius 2 is 2.07 bits per heavy atom. The quantitative estimate of drug-likeness (QED) is 0.438. The van der Waals surface area contributed by atoms with Gasteiger partial charge in [-0.3, -0.25) is 4.79 Å². The van der Waals surface area contributed by atoms with E-state index in [4.69, 9.17) is 5.73 Å². The zero-order chi connectivity index (χ0) is 10.4. The molecule has 0 unspecified atom stereocenters. The first-order chi connectivity index (χ1) is 6.74. The molecule has 2 N–H and O–H groups in total. The van der Waals surface area contributed by atoms with Crippen molar-refractivity contribution in [2.24, 2.45) is 10.8 Å². The minimum atomic E-state index is -0.519. The number of rotatable bonds is 4. The van der Waals surface area contributed by atoms with Gasteiger partial charge < -0.3 is 5.73 Å². The number of carbonyl (C=O) groups is 1. The van der Waals surface area contributed by atoms with E-state index in [-0.39, 0.29) is 0 Å². The molecule has 0 fully saturated rings. The first-order valence-corrected chi connectivity index (χ1v) is 4.02. The van der Waals surface area contributed by atoms with E-state index in [1.165, 1.54) is 17.3 Å². The van der Waals surface area contributed by atoms with E-state index in [1.54, 1.807) is 0 Å². The monoisotopic (exact) mass is 189 g/mol. The van der Waals surface area contributed by atoms with Gasteiger partial charge in [-0.15, -0.1) is 0 Å². The molecule has 0 saturated carbocycles. The highest BCUT2D eigenvalue weighted by molar-refractivity contribution is 5.86. The van der Waals surface area contributed by atoms with Crippen LogP contribution in [0.5, 0.6) is 0 Å². The van der Waals surface area contributed by atoms with E-state index in [9.17, 15) is 4.79 Å². The SMILES string of the molecule is C=NN(/C=C/C(N)=O)c1ccccc1. The van der Waals surface area contributed by atoms with Crippen LogP contribution in [0.15, 0.2) is 47.7 Å². The van der Waals surface area contributed by atoms with Crippen LogP contribution in [0.1, 0.15) is 0 Å². The maximum atomic E-state index is 10.5. The molecule has 0 heterocycles. The Kier molecular flexibility index (Phi) is 3.43. The third-order valence-corrected chi connectivity index (χ3v) is 1.55. The highest BCUT2D eigenvalue weighted by Crippen LogP contribution is 2.13. The third-order valence-electron chi connectivity index (χ3n) is 1.55. The Morgan fingerprint density at radius 3 is 2.57 bits per heavy atom. The zero-order valence-electron chi connectivity index (χ0n) is 7.63. The van der Waals surface area contributed by atoms with E-state index in [0.717, 1.165) is 5.69 Å². The number of primary amides is 1. The van der Waals surface area contributed by atoms with Crippen molar-refractivity contribution < 1.29 is 4.79 Å². The molecule has 0 radical (unpaired) electrons. The Morgan fingerprint density at radius 1 is 1.43 bits per heavy atom. The standard InChI is InChI=1S/C10H11N3O/c1-12-13(8-7-10(11)14)9-5-3-2-4-6-9/h2-8H,1H2,(H2,11,14)/b8-7+. The van der Waals surface area contributed by atoms with Gasteiger partial charge in [-0.1, -0.05) is 18.2 Å². The zero-order valence-corrected chi connectivity index (χ0v) is 7.63. The lowest BCUT2D eigenvalue weighted by Gasteiger charge is -2.12. The molecule has 4 heteroatoms. The second kappa shape index (κ2) is 4.81. The van der Waals surface area contributed by atoms with Crippen LogP contribution in [0.2, 0.25) is 0 Å². The summed E-state index contributed by atoms with van der Waals surface area (Å²) in [7, 11) is 0. The molecule has 0 aliphatic carbocycles. The van der Waals surface area contributed by atoms with Crippen LogP contribution in [0, 0.1) is 0 Å². The number of amides is 1. The van der Waals surface area contributed by atoms with Gasteiger partial charge in [0.05, 0.1) is 5.69 Å². The fourth-order valence-electron chi connectivity index (χ4n) is 0.940. The molecule has 0 aliphatic rings. The van der Waals surface area contributed by atoms with Crippen molar-refractivity contribution in [3.63, 3.8) is 0 Å². The Labute approximate surface area is 82.3 Å². The number of anilines is 1. The van der Waals surface area contributed by atoms with E-state index in [0.29, 0.717) is 0 Å². The minimum absolute atomic E-state index is 0.519. The lowest BCUT2D eigenvalue weighted by molar-refractivity contribution is -0.113. The van der Waals surface area contributed by atoms with E-state index < -0.39 is 5.91 Å². The lowest BCUT2D eigenvalue weighted by Crippen LogP contribution is -2.11. The number of hydrogen-bond acceptors (Lipinski definition) is 3. The molecule has 0 atom stereocenters. The van der Waals surface area contributed by atoms with Gasteiger partial charge in [0.25, 0.3) is 0 Å². The average molecular weight is 189 g/mol. The van der Waals surface area contributed by atoms with E-state index in [1.807, 2.05) is 30.3 Å². The van der Waals surface area contributed by atoms with E-state index in [2.05, 4.69) is 11.8 Å². The number of hydrogen-bond donors (Lipinski definition) is 1. The van der Waals surface area contributed by atoms with Crippen LogP contribution in [-0.4, -0.2) is 12.6 Å². The van der Waals surface area contributed by atoms with Crippen LogP contribution in [0.4, 0.5) is 5.69 Å². The van der Waals surface area contributed by atoms with Crippen LogP contribution < -0.4 is 10.7 Å². The predicted octanol–water partition coefficient (Wildman–Crippen LogP) is 1.11. The van der Waals surface area contributed by atoms with Gasteiger partial charge in [-0.2, -0.15) is 5.10 Å². The van der Waals surface area contributed by atoms with Crippen molar-refractivity contribution in [3.05, 3.63) is 42.6 Å². The predicted molar refractivity (Wildman–Crippen MR) is 56.8 cm³/mol. The van der Waals surface area contributed by atoms with Crippen molar-refractivity contribution in [1.29, 1.82) is 0 Å². The van der Waals surface area contributed by atoms with Gasteiger partial charge in [0.15, 0.2) is 0 Å². The van der Waals surface area contributed by atoms with Gasteiger partial charge in [0.2, 0.25) is 5.91 Å². The van der Waals surface area contributed by atoms with Crippen LogP contribution in [-0.2, 0) is 4.79 Å². The number of nitrogens with two attached hydrogens (primary N) is 1. The lowest BCUT2D eigenvalue weighted by atomic mass is 10.3. The number of hydrazone groups is 1. The number of benzene rings is 1. The summed E-state index contributed by atoms with van der Waals surface area (Å²) in [4.78, 5) is 10.5. The molecule has 4 nitrogen and oxygen atoms in total. The third kappa shape index (κ3) is 2.75. The molecule has 1 rings (SSSR count). The number of nitrogens with zero attached hydrogens (tertiary/aromatic N) is 2. The summed E-state index contributed by atoms with van der Waals surface area (Å²) < 4.78 is 0. The molecule has 0 aliphatic heterocycles. The molecule has 1 aromatic carbocycles. The van der Waals surface area contributed by atoms with Gasteiger partial charge in [0.1, 0.15) is 0 Å². The molecular weight excluding hydrogens is 178 g/mol. The van der Waals surface area contributed by atoms with E-state index >= 15 is 0 Å². The highest BCUT2D eigenvalue weighted by atomic mass is 16.1. The summed E-state index contributed by atoms with van der Waals surface area (Å²) in [5, 5.41) is 5.18. The first kappa shape index (κ1) is 9.98. The molecule has 1 aromatic rings. The van der Waals surface area contributed by atoms with Crippen molar-refractivity contribution in [2.45, 2.75) is 0 Å². The summed E-state index contributed by atoms with van der Waals surface area (Å²) in [6, 6.07) is 9.32. The number of para-hydroxylation sites is 1. The number of carbonyl (C=O) groups excluding carboxylic acids is 1. The second-order valence-corrected chi connectivity index (χ2v) is 2.54. The molecule has 72 valence electrons. The minimum Gasteiger partial charge on any atom is -0.366 e. The molecule has 14 heavy (non-hydrogen) atoms. The summed E-state index contributed by atoms with van der Waals surface area (Å²) in [5.74, 6) is -0.519. The smallest absolute Gasteiger partial charge is 0.242 e. The summed E-state index contributed by atoms with van der Waals surface area (Å²) in [6.45, 7) is 3.39. The van der Waals surface area contributed by atoms with Crippen LogP contribution in [0.25, 0.3) is 0 Å². The van der Waals surface area contributed by atoms with Crippen molar-refractivity contribution in [1.82, 2.24) is 0 Å². The van der Waals surface area contributed by atoms with Crippen molar-refractivity contribution in [2.75, 3.05) is 5.01 Å². The molecule has 0 spiro atoms. The maximum absolute atomic E-state index is 10.5. The van der Waals surface area contributed by atoms with Gasteiger partial charge in [-0.25, -0.2) is 5.01 Å². The maximum Gasteiger partial charge on any atom is 0.242 e. The molecule has 0 saturated heterocycles. The van der Waals surface area contributed by atoms with Gasteiger partial charge >= 0.3 is 0 Å². The molecule has 0 aromatic heterocycles. The Balaban J connectivity index is 2.83. The summed E-state index contributed by atoms with van der Waals surface area (Å²) in [5.41, 5.74) is 5.78. The Hall–Kier alpha value is -2.10. The van der Waals surface area contributed by atoms with Gasteiger partial charge in [0, 0.05) is 19.0 Å². The molecular formula is C10H11N3O. The Bertz CT molecular complexity index is 346.